The van der Waals surface area contributed by atoms with Crippen LogP contribution in [0, 0.1) is 13.8 Å². The Labute approximate surface area is 159 Å². The van der Waals surface area contributed by atoms with Crippen LogP contribution in [-0.2, 0) is 17.9 Å². The van der Waals surface area contributed by atoms with Crippen molar-refractivity contribution in [3.05, 3.63) is 34.4 Å². The van der Waals surface area contributed by atoms with Gasteiger partial charge in [-0.2, -0.15) is 10.2 Å². The number of aryl methyl sites for hydroxylation is 3. The lowest BCUT2D eigenvalue weighted by Gasteiger charge is -2.35. The summed E-state index contributed by atoms with van der Waals surface area (Å²) in [5, 5.41) is 9.44. The molecule has 2 aromatic rings. The number of carbonyl (C=O) groups is 1. The number of halogens is 1. The van der Waals surface area contributed by atoms with Crippen molar-refractivity contribution in [1.82, 2.24) is 29.4 Å². The van der Waals surface area contributed by atoms with Crippen molar-refractivity contribution in [1.29, 1.82) is 0 Å². The largest absolute Gasteiger partial charge is 0.338 e. The van der Waals surface area contributed by atoms with Crippen LogP contribution in [0.5, 0.6) is 0 Å². The van der Waals surface area contributed by atoms with Gasteiger partial charge in [0.15, 0.2) is 0 Å². The van der Waals surface area contributed by atoms with Crippen LogP contribution in [0.15, 0.2) is 12.4 Å². The molecule has 1 fully saturated rings. The minimum absolute atomic E-state index is 0.0961. The van der Waals surface area contributed by atoms with E-state index in [1.54, 1.807) is 10.9 Å². The Morgan fingerprint density at radius 3 is 2.38 bits per heavy atom. The fourth-order valence-electron chi connectivity index (χ4n) is 3.28. The van der Waals surface area contributed by atoms with Crippen LogP contribution in [-0.4, -0.2) is 61.4 Å². The minimum Gasteiger partial charge on any atom is -0.338 e. The lowest BCUT2D eigenvalue weighted by atomic mass is 10.2. The first-order chi connectivity index (χ1) is 12.4. The summed E-state index contributed by atoms with van der Waals surface area (Å²) in [6, 6.07) is -0.335. The number of hydrogen-bond acceptors (Lipinski definition) is 4. The fourth-order valence-corrected chi connectivity index (χ4v) is 3.42. The number of nitrogens with zero attached hydrogens (tertiary/aromatic N) is 6. The maximum absolute atomic E-state index is 12.8. The van der Waals surface area contributed by atoms with Crippen molar-refractivity contribution >= 4 is 17.5 Å². The van der Waals surface area contributed by atoms with Gasteiger partial charge < -0.3 is 4.90 Å². The van der Waals surface area contributed by atoms with Gasteiger partial charge >= 0.3 is 0 Å². The van der Waals surface area contributed by atoms with E-state index in [0.29, 0.717) is 5.02 Å². The Balaban J connectivity index is 1.55. The van der Waals surface area contributed by atoms with Crippen molar-refractivity contribution in [2.24, 2.45) is 0 Å². The highest BCUT2D eigenvalue weighted by Crippen LogP contribution is 2.19. The standard InChI is InChI=1S/C18H27ClN6O/c1-5-24-11-16(13(2)20-24)10-22-6-8-23(9-7-22)18(26)15(4)25-12-17(19)14(3)21-25/h11-12,15H,5-10H2,1-4H3. The molecule has 2 aromatic heterocycles. The topological polar surface area (TPSA) is 59.2 Å². The van der Waals surface area contributed by atoms with E-state index < -0.39 is 0 Å². The van der Waals surface area contributed by atoms with Crippen LogP contribution >= 0.6 is 11.6 Å². The van der Waals surface area contributed by atoms with Crippen molar-refractivity contribution in [3.8, 4) is 0 Å². The van der Waals surface area contributed by atoms with Gasteiger partial charge in [0.2, 0.25) is 5.91 Å². The zero-order valence-corrected chi connectivity index (χ0v) is 16.7. The molecule has 0 N–H and O–H groups in total. The molecule has 0 bridgehead atoms. The molecule has 1 unspecified atom stereocenters. The monoisotopic (exact) mass is 378 g/mol. The molecule has 8 heteroatoms. The van der Waals surface area contributed by atoms with Gasteiger partial charge in [0, 0.05) is 57.2 Å². The van der Waals surface area contributed by atoms with Crippen LogP contribution in [0.4, 0.5) is 0 Å². The summed E-state index contributed by atoms with van der Waals surface area (Å²) in [4.78, 5) is 17.1. The van der Waals surface area contributed by atoms with Crippen molar-refractivity contribution in [2.45, 2.75) is 46.8 Å². The van der Waals surface area contributed by atoms with Crippen molar-refractivity contribution < 1.29 is 4.79 Å². The first-order valence-corrected chi connectivity index (χ1v) is 9.52. The lowest BCUT2D eigenvalue weighted by Crippen LogP contribution is -2.50. The molecule has 3 rings (SSSR count). The quantitative estimate of drug-likeness (QED) is 0.800. The number of piperazine rings is 1. The fraction of sp³-hybridized carbons (Fsp3) is 0.611. The maximum atomic E-state index is 12.8. The highest BCUT2D eigenvalue weighted by Gasteiger charge is 2.27. The predicted octanol–water partition coefficient (Wildman–Crippen LogP) is 2.28. The molecule has 1 saturated heterocycles. The SMILES string of the molecule is CCn1cc(CN2CCN(C(=O)C(C)n3cc(Cl)c(C)n3)CC2)c(C)n1. The molecule has 3 heterocycles. The van der Waals surface area contributed by atoms with E-state index in [0.717, 1.165) is 50.7 Å². The Kier molecular flexibility index (Phi) is 5.67. The van der Waals surface area contributed by atoms with Crippen LogP contribution in [0.1, 0.15) is 36.8 Å². The average Bonchev–Trinajstić information content (AvgIpc) is 3.16. The summed E-state index contributed by atoms with van der Waals surface area (Å²) in [6.07, 6.45) is 3.85. The molecule has 1 atom stereocenters. The molecule has 0 radical (unpaired) electrons. The highest BCUT2D eigenvalue weighted by molar-refractivity contribution is 6.31. The summed E-state index contributed by atoms with van der Waals surface area (Å²) in [7, 11) is 0. The third kappa shape index (κ3) is 3.94. The number of rotatable bonds is 5. The molecule has 0 aliphatic carbocycles. The van der Waals surface area contributed by atoms with E-state index in [9.17, 15) is 4.79 Å². The first-order valence-electron chi connectivity index (χ1n) is 9.14. The second kappa shape index (κ2) is 7.80. The Morgan fingerprint density at radius 1 is 1.15 bits per heavy atom. The van der Waals surface area contributed by atoms with Crippen LogP contribution in [0.25, 0.3) is 0 Å². The maximum Gasteiger partial charge on any atom is 0.247 e. The number of amides is 1. The smallest absolute Gasteiger partial charge is 0.247 e. The summed E-state index contributed by atoms with van der Waals surface area (Å²) >= 11 is 6.06. The van der Waals surface area contributed by atoms with Crippen LogP contribution in [0.3, 0.4) is 0 Å². The summed E-state index contributed by atoms with van der Waals surface area (Å²) in [5.74, 6) is 0.0961. The van der Waals surface area contributed by atoms with Gasteiger partial charge in [0.1, 0.15) is 6.04 Å². The molecular formula is C18H27ClN6O. The van der Waals surface area contributed by atoms with Crippen LogP contribution in [0.2, 0.25) is 5.02 Å². The van der Waals surface area contributed by atoms with Gasteiger partial charge in [-0.1, -0.05) is 11.6 Å². The van der Waals surface area contributed by atoms with E-state index in [4.69, 9.17) is 11.6 Å². The minimum atomic E-state index is -0.335. The van der Waals surface area contributed by atoms with E-state index in [1.807, 2.05) is 23.4 Å². The number of hydrogen-bond donors (Lipinski definition) is 0. The third-order valence-electron chi connectivity index (χ3n) is 5.06. The van der Waals surface area contributed by atoms with E-state index >= 15 is 0 Å². The molecular weight excluding hydrogens is 352 g/mol. The summed E-state index contributed by atoms with van der Waals surface area (Å²) < 4.78 is 3.64. The van der Waals surface area contributed by atoms with Gasteiger partial charge in [-0.05, 0) is 27.7 Å². The number of carbonyl (C=O) groups excluding carboxylic acids is 1. The normalized spacial score (nSPS) is 16.9. The molecule has 7 nitrogen and oxygen atoms in total. The van der Waals surface area contributed by atoms with Crippen LogP contribution < -0.4 is 0 Å². The highest BCUT2D eigenvalue weighted by atomic mass is 35.5. The molecule has 26 heavy (non-hydrogen) atoms. The lowest BCUT2D eigenvalue weighted by molar-refractivity contribution is -0.136. The van der Waals surface area contributed by atoms with E-state index in [1.165, 1.54) is 5.56 Å². The number of aromatic nitrogens is 4. The molecule has 1 aliphatic rings. The summed E-state index contributed by atoms with van der Waals surface area (Å²) in [6.45, 7) is 12.8. The second-order valence-corrected chi connectivity index (χ2v) is 7.32. The van der Waals surface area contributed by atoms with Gasteiger partial charge in [0.05, 0.1) is 16.4 Å². The molecule has 0 spiro atoms. The average molecular weight is 379 g/mol. The Morgan fingerprint density at radius 2 is 1.85 bits per heavy atom. The van der Waals surface area contributed by atoms with Gasteiger partial charge in [-0.15, -0.1) is 0 Å². The van der Waals surface area contributed by atoms with Gasteiger partial charge in [-0.25, -0.2) is 0 Å². The van der Waals surface area contributed by atoms with Crippen molar-refractivity contribution in [3.63, 3.8) is 0 Å². The molecule has 1 aliphatic heterocycles. The zero-order chi connectivity index (χ0) is 18.8. The first kappa shape index (κ1) is 18.9. The van der Waals surface area contributed by atoms with Gasteiger partial charge in [-0.3, -0.25) is 19.1 Å². The second-order valence-electron chi connectivity index (χ2n) is 6.92. The Bertz CT molecular complexity index is 755. The third-order valence-corrected chi connectivity index (χ3v) is 5.43. The predicted molar refractivity (Wildman–Crippen MR) is 101 cm³/mol. The van der Waals surface area contributed by atoms with E-state index in [-0.39, 0.29) is 11.9 Å². The van der Waals surface area contributed by atoms with Gasteiger partial charge in [0.25, 0.3) is 0 Å². The van der Waals surface area contributed by atoms with Crippen molar-refractivity contribution in [2.75, 3.05) is 26.2 Å². The molecule has 0 saturated carbocycles. The molecule has 142 valence electrons. The van der Waals surface area contributed by atoms with E-state index in [2.05, 4.69) is 35.1 Å². The Hall–Kier alpha value is -1.86. The summed E-state index contributed by atoms with van der Waals surface area (Å²) in [5.41, 5.74) is 3.10. The zero-order valence-electron chi connectivity index (χ0n) is 15.9. The molecule has 1 amide bonds. The molecule has 0 aromatic carbocycles.